The number of nitrogens with zero attached hydrogens (tertiary/aromatic N) is 1. The average Bonchev–Trinajstić information content (AvgIpc) is 2.28. The van der Waals surface area contributed by atoms with Crippen LogP contribution in [0.5, 0.6) is 5.75 Å². The summed E-state index contributed by atoms with van der Waals surface area (Å²) >= 11 is 0. The van der Waals surface area contributed by atoms with Gasteiger partial charge in [-0.1, -0.05) is 18.2 Å². The second kappa shape index (κ2) is 5.21. The summed E-state index contributed by atoms with van der Waals surface area (Å²) in [5.74, 6) is 1.03. The molecule has 0 spiro atoms. The molecule has 0 aliphatic carbocycles. The zero-order valence-electron chi connectivity index (χ0n) is 10.9. The highest BCUT2D eigenvalue weighted by Gasteiger charge is 2.37. The van der Waals surface area contributed by atoms with Gasteiger partial charge in [0.05, 0.1) is 6.61 Å². The molecule has 0 aromatic heterocycles. The lowest BCUT2D eigenvalue weighted by Gasteiger charge is -2.33. The first-order valence-electron chi connectivity index (χ1n) is 6.15. The highest BCUT2D eigenvalue weighted by Crippen LogP contribution is 2.31. The minimum Gasteiger partial charge on any atom is -0.520 e. The van der Waals surface area contributed by atoms with Crippen LogP contribution in [0, 0.1) is 0 Å². The van der Waals surface area contributed by atoms with E-state index in [0.29, 0.717) is 6.61 Å². The minimum absolute atomic E-state index is 0.709. The van der Waals surface area contributed by atoms with Crippen molar-refractivity contribution in [1.29, 1.82) is 0 Å². The van der Waals surface area contributed by atoms with Crippen molar-refractivity contribution >= 4 is 8.56 Å². The quantitative estimate of drug-likeness (QED) is 0.768. The molecule has 17 heavy (non-hydrogen) atoms. The highest BCUT2D eigenvalue weighted by atomic mass is 28.4. The van der Waals surface area contributed by atoms with Crippen molar-refractivity contribution in [2.75, 3.05) is 20.6 Å². The van der Waals surface area contributed by atoms with E-state index in [1.807, 2.05) is 12.1 Å². The molecule has 0 N–H and O–H groups in total. The van der Waals surface area contributed by atoms with E-state index >= 15 is 0 Å². The lowest BCUT2D eigenvalue weighted by molar-refractivity contribution is 0.203. The van der Waals surface area contributed by atoms with Gasteiger partial charge in [-0.15, -0.1) is 0 Å². The van der Waals surface area contributed by atoms with Gasteiger partial charge in [-0.2, -0.15) is 0 Å². The Kier molecular flexibility index (Phi) is 3.86. The third-order valence-corrected chi connectivity index (χ3v) is 5.74. The maximum absolute atomic E-state index is 6.10. The smallest absolute Gasteiger partial charge is 0.395 e. The molecule has 94 valence electrons. The molecule has 0 saturated heterocycles. The van der Waals surface area contributed by atoms with E-state index in [2.05, 4.69) is 37.7 Å². The van der Waals surface area contributed by atoms with E-state index in [-0.39, 0.29) is 0 Å². The summed E-state index contributed by atoms with van der Waals surface area (Å²) in [6.45, 7) is 3.97. The molecule has 1 heterocycles. The Labute approximate surface area is 105 Å². The van der Waals surface area contributed by atoms with Gasteiger partial charge in [0.2, 0.25) is 0 Å². The topological polar surface area (TPSA) is 21.7 Å². The second-order valence-corrected chi connectivity index (χ2v) is 8.30. The van der Waals surface area contributed by atoms with E-state index in [1.165, 1.54) is 5.56 Å². The Hall–Kier alpha value is -0.843. The van der Waals surface area contributed by atoms with Crippen LogP contribution in [0.2, 0.25) is 12.6 Å². The third kappa shape index (κ3) is 3.31. The number of fused-ring (bicyclic) bond motifs is 1. The molecular weight excluding hydrogens is 230 g/mol. The molecule has 4 heteroatoms. The number of hydrogen-bond donors (Lipinski definition) is 0. The second-order valence-electron chi connectivity index (χ2n) is 5.04. The predicted molar refractivity (Wildman–Crippen MR) is 71.5 cm³/mol. The molecular formula is C13H21NO2Si. The number of benzene rings is 1. The van der Waals surface area contributed by atoms with Crippen molar-refractivity contribution in [3.63, 3.8) is 0 Å². The predicted octanol–water partition coefficient (Wildman–Crippen LogP) is 2.62. The molecule has 0 saturated carbocycles. The van der Waals surface area contributed by atoms with Crippen LogP contribution < -0.4 is 4.43 Å². The van der Waals surface area contributed by atoms with Crippen molar-refractivity contribution in [2.24, 2.45) is 0 Å². The molecule has 1 aromatic carbocycles. The van der Waals surface area contributed by atoms with Crippen molar-refractivity contribution in [3.05, 3.63) is 29.8 Å². The van der Waals surface area contributed by atoms with Crippen LogP contribution in [0.25, 0.3) is 0 Å². The SMILES string of the molecule is CN(C)CCC[Si]1(C)OCc2ccccc2O1. The van der Waals surface area contributed by atoms with Gasteiger partial charge in [0.15, 0.2) is 0 Å². The van der Waals surface area contributed by atoms with Crippen molar-refractivity contribution in [1.82, 2.24) is 4.90 Å². The average molecular weight is 251 g/mol. The normalized spacial score (nSPS) is 23.3. The van der Waals surface area contributed by atoms with Crippen LogP contribution in [0.4, 0.5) is 0 Å². The van der Waals surface area contributed by atoms with E-state index in [0.717, 1.165) is 24.8 Å². The zero-order valence-corrected chi connectivity index (χ0v) is 11.9. The Bertz CT molecular complexity index is 383. The van der Waals surface area contributed by atoms with Gasteiger partial charge in [0.25, 0.3) is 0 Å². The summed E-state index contributed by atoms with van der Waals surface area (Å²) in [5.41, 5.74) is 1.17. The summed E-state index contributed by atoms with van der Waals surface area (Å²) in [6.07, 6.45) is 1.14. The van der Waals surface area contributed by atoms with Crippen LogP contribution in [-0.2, 0) is 11.0 Å². The molecule has 3 nitrogen and oxygen atoms in total. The van der Waals surface area contributed by atoms with Crippen LogP contribution in [0.15, 0.2) is 24.3 Å². The monoisotopic (exact) mass is 251 g/mol. The van der Waals surface area contributed by atoms with E-state index in [9.17, 15) is 0 Å². The van der Waals surface area contributed by atoms with E-state index in [1.54, 1.807) is 0 Å². The fraction of sp³-hybridized carbons (Fsp3) is 0.538. The lowest BCUT2D eigenvalue weighted by Crippen LogP contribution is -2.44. The fourth-order valence-corrected chi connectivity index (χ4v) is 4.29. The highest BCUT2D eigenvalue weighted by molar-refractivity contribution is 6.66. The third-order valence-electron chi connectivity index (χ3n) is 3.07. The van der Waals surface area contributed by atoms with Crippen LogP contribution in [-0.4, -0.2) is 34.1 Å². The van der Waals surface area contributed by atoms with Crippen molar-refractivity contribution in [3.8, 4) is 5.75 Å². The molecule has 1 aliphatic heterocycles. The van der Waals surface area contributed by atoms with Crippen LogP contribution in [0.1, 0.15) is 12.0 Å². The summed E-state index contributed by atoms with van der Waals surface area (Å²) in [7, 11) is 2.22. The zero-order chi connectivity index (χ0) is 12.3. The first kappa shape index (κ1) is 12.6. The Morgan fingerprint density at radius 2 is 2.06 bits per heavy atom. The van der Waals surface area contributed by atoms with Crippen molar-refractivity contribution in [2.45, 2.75) is 25.6 Å². The Morgan fingerprint density at radius 1 is 1.29 bits per heavy atom. The minimum atomic E-state index is -1.98. The van der Waals surface area contributed by atoms with Crippen LogP contribution in [0.3, 0.4) is 0 Å². The Morgan fingerprint density at radius 3 is 2.82 bits per heavy atom. The molecule has 0 fully saturated rings. The number of para-hydroxylation sites is 1. The van der Waals surface area contributed by atoms with E-state index < -0.39 is 8.56 Å². The molecule has 1 aromatic rings. The largest absolute Gasteiger partial charge is 0.520 e. The number of rotatable bonds is 4. The molecule has 1 unspecified atom stereocenters. The van der Waals surface area contributed by atoms with Gasteiger partial charge in [-0.05, 0) is 39.7 Å². The molecule has 0 radical (unpaired) electrons. The maximum atomic E-state index is 6.10. The first-order valence-corrected chi connectivity index (χ1v) is 8.67. The van der Waals surface area contributed by atoms with Gasteiger partial charge < -0.3 is 13.8 Å². The van der Waals surface area contributed by atoms with Gasteiger partial charge in [0.1, 0.15) is 5.75 Å². The summed E-state index contributed by atoms with van der Waals surface area (Å²) in [4.78, 5) is 2.20. The Balaban J connectivity index is 1.95. The summed E-state index contributed by atoms with van der Waals surface area (Å²) in [5, 5.41) is 0. The van der Waals surface area contributed by atoms with Crippen LogP contribution >= 0.6 is 0 Å². The summed E-state index contributed by atoms with van der Waals surface area (Å²) in [6, 6.07) is 9.23. The molecule has 2 rings (SSSR count). The molecule has 1 aliphatic rings. The van der Waals surface area contributed by atoms with Gasteiger partial charge >= 0.3 is 8.56 Å². The molecule has 0 bridgehead atoms. The van der Waals surface area contributed by atoms with Gasteiger partial charge in [-0.3, -0.25) is 0 Å². The molecule has 1 atom stereocenters. The maximum Gasteiger partial charge on any atom is 0.395 e. The number of hydrogen-bond acceptors (Lipinski definition) is 3. The summed E-state index contributed by atoms with van der Waals surface area (Å²) < 4.78 is 12.1. The van der Waals surface area contributed by atoms with Gasteiger partial charge in [0, 0.05) is 11.6 Å². The standard InChI is InChI=1S/C13H21NO2Si/c1-14(2)9-6-10-17(3)15-11-12-7-4-5-8-13(12)16-17/h4-5,7-8H,6,9-11H2,1-3H3. The van der Waals surface area contributed by atoms with Gasteiger partial charge in [-0.25, -0.2) is 0 Å². The lowest BCUT2D eigenvalue weighted by atomic mass is 10.2. The fourth-order valence-electron chi connectivity index (χ4n) is 2.05. The molecule has 0 amide bonds. The van der Waals surface area contributed by atoms with Crippen molar-refractivity contribution < 1.29 is 8.85 Å². The first-order chi connectivity index (χ1) is 8.09. The van der Waals surface area contributed by atoms with E-state index in [4.69, 9.17) is 8.85 Å².